The maximum atomic E-state index is 13.9. The summed E-state index contributed by atoms with van der Waals surface area (Å²) in [4.78, 5) is 12.4. The molecule has 0 atom stereocenters. The largest absolute Gasteiger partial charge is 0.493 e. The molecule has 0 bridgehead atoms. The second-order valence-electron chi connectivity index (χ2n) is 6.55. The molecule has 5 nitrogen and oxygen atoms in total. The van der Waals surface area contributed by atoms with E-state index in [0.29, 0.717) is 32.8 Å². The van der Waals surface area contributed by atoms with E-state index in [2.05, 4.69) is 21.2 Å². The van der Waals surface area contributed by atoms with E-state index in [-0.39, 0.29) is 18.0 Å². The van der Waals surface area contributed by atoms with E-state index in [1.807, 2.05) is 6.07 Å². The highest BCUT2D eigenvalue weighted by Gasteiger charge is 2.15. The van der Waals surface area contributed by atoms with Crippen molar-refractivity contribution in [3.8, 4) is 17.6 Å². The summed E-state index contributed by atoms with van der Waals surface area (Å²) in [7, 11) is 1.44. The number of nitrogens with zero attached hydrogens (tertiary/aromatic N) is 1. The minimum absolute atomic E-state index is 0.0136. The van der Waals surface area contributed by atoms with Crippen molar-refractivity contribution in [3.63, 3.8) is 0 Å². The molecule has 0 saturated heterocycles. The molecule has 0 aliphatic heterocycles. The molecule has 3 aromatic rings. The molecule has 1 amide bonds. The fourth-order valence-corrected chi connectivity index (χ4v) is 3.35. The number of hydrogen-bond acceptors (Lipinski definition) is 4. The standard InChI is InChI=1S/C24H17BrF2N2O3/c1-31-22-12-15(10-17(13-28)24(30)29-19-8-6-18(26)7-9-19)11-20(25)23(22)32-14-16-4-2-3-5-21(16)27/h2-12H,14H2,1H3,(H,29,30)/b17-10+. The molecule has 3 rings (SSSR count). The van der Waals surface area contributed by atoms with Crippen molar-refractivity contribution < 1.29 is 23.0 Å². The van der Waals surface area contributed by atoms with E-state index in [0.717, 1.165) is 0 Å². The van der Waals surface area contributed by atoms with Gasteiger partial charge < -0.3 is 14.8 Å². The zero-order chi connectivity index (χ0) is 23.1. The molecule has 0 radical (unpaired) electrons. The summed E-state index contributed by atoms with van der Waals surface area (Å²) in [5, 5.41) is 12.0. The number of ether oxygens (including phenoxy) is 2. The molecule has 32 heavy (non-hydrogen) atoms. The summed E-state index contributed by atoms with van der Waals surface area (Å²) in [6.45, 7) is -0.0136. The van der Waals surface area contributed by atoms with Crippen LogP contribution in [0.1, 0.15) is 11.1 Å². The van der Waals surface area contributed by atoms with Gasteiger partial charge in [0.15, 0.2) is 11.5 Å². The Labute approximate surface area is 192 Å². The molecule has 0 heterocycles. The molecular weight excluding hydrogens is 482 g/mol. The fourth-order valence-electron chi connectivity index (χ4n) is 2.78. The van der Waals surface area contributed by atoms with Crippen molar-refractivity contribution in [2.24, 2.45) is 0 Å². The average molecular weight is 499 g/mol. The summed E-state index contributed by atoms with van der Waals surface area (Å²) < 4.78 is 38.5. The zero-order valence-corrected chi connectivity index (χ0v) is 18.4. The molecule has 8 heteroatoms. The smallest absolute Gasteiger partial charge is 0.266 e. The number of nitriles is 1. The maximum absolute atomic E-state index is 13.9. The fraction of sp³-hybridized carbons (Fsp3) is 0.0833. The van der Waals surface area contributed by atoms with Crippen molar-refractivity contribution in [2.75, 3.05) is 12.4 Å². The number of halogens is 3. The highest BCUT2D eigenvalue weighted by atomic mass is 79.9. The number of carbonyl (C=O) groups is 1. The summed E-state index contributed by atoms with van der Waals surface area (Å²) in [5.41, 5.74) is 1.07. The summed E-state index contributed by atoms with van der Waals surface area (Å²) in [5.74, 6) is -0.782. The Morgan fingerprint density at radius 1 is 1.16 bits per heavy atom. The van der Waals surface area contributed by atoms with Crippen LogP contribution >= 0.6 is 15.9 Å². The minimum atomic E-state index is -0.644. The SMILES string of the molecule is COc1cc(/C=C(\C#N)C(=O)Nc2ccc(F)cc2)cc(Br)c1OCc1ccccc1F. The third-order valence-electron chi connectivity index (χ3n) is 4.36. The number of benzene rings is 3. The van der Waals surface area contributed by atoms with Gasteiger partial charge in [0.2, 0.25) is 0 Å². The monoisotopic (exact) mass is 498 g/mol. The highest BCUT2D eigenvalue weighted by Crippen LogP contribution is 2.38. The van der Waals surface area contributed by atoms with Crippen molar-refractivity contribution in [2.45, 2.75) is 6.61 Å². The van der Waals surface area contributed by atoms with Crippen LogP contribution in [0.2, 0.25) is 0 Å². The van der Waals surface area contributed by atoms with Crippen LogP contribution in [0.4, 0.5) is 14.5 Å². The first kappa shape index (κ1) is 23.0. The van der Waals surface area contributed by atoms with E-state index in [9.17, 15) is 18.8 Å². The topological polar surface area (TPSA) is 71.3 Å². The summed E-state index contributed by atoms with van der Waals surface area (Å²) >= 11 is 3.39. The number of nitrogens with one attached hydrogen (secondary N) is 1. The van der Waals surface area contributed by atoms with E-state index in [4.69, 9.17) is 9.47 Å². The Balaban J connectivity index is 1.82. The number of amides is 1. The highest BCUT2D eigenvalue weighted by molar-refractivity contribution is 9.10. The van der Waals surface area contributed by atoms with Crippen LogP contribution in [0.25, 0.3) is 6.08 Å². The van der Waals surface area contributed by atoms with Crippen LogP contribution in [-0.2, 0) is 11.4 Å². The second-order valence-corrected chi connectivity index (χ2v) is 7.40. The van der Waals surface area contributed by atoms with Gasteiger partial charge in [-0.2, -0.15) is 5.26 Å². The predicted molar refractivity (Wildman–Crippen MR) is 120 cm³/mol. The van der Waals surface area contributed by atoms with E-state index in [1.165, 1.54) is 43.5 Å². The molecule has 0 aliphatic carbocycles. The Hall–Kier alpha value is -3.70. The normalized spacial score (nSPS) is 10.9. The number of carbonyl (C=O) groups excluding carboxylic acids is 1. The van der Waals surface area contributed by atoms with E-state index < -0.39 is 11.7 Å². The first-order valence-electron chi connectivity index (χ1n) is 9.33. The first-order valence-corrected chi connectivity index (χ1v) is 10.1. The van der Waals surface area contributed by atoms with Crippen molar-refractivity contribution in [1.82, 2.24) is 0 Å². The molecular formula is C24H17BrF2N2O3. The van der Waals surface area contributed by atoms with Gasteiger partial charge in [-0.25, -0.2) is 8.78 Å². The van der Waals surface area contributed by atoms with Gasteiger partial charge >= 0.3 is 0 Å². The van der Waals surface area contributed by atoms with Crippen LogP contribution in [0.5, 0.6) is 11.5 Å². The molecule has 162 valence electrons. The summed E-state index contributed by atoms with van der Waals surface area (Å²) in [6.07, 6.45) is 1.38. The number of anilines is 1. The second kappa shape index (κ2) is 10.6. The molecule has 0 saturated carbocycles. The average Bonchev–Trinajstić information content (AvgIpc) is 2.78. The van der Waals surface area contributed by atoms with Crippen LogP contribution in [0.15, 0.2) is 70.7 Å². The van der Waals surface area contributed by atoms with Crippen LogP contribution in [-0.4, -0.2) is 13.0 Å². The quantitative estimate of drug-likeness (QED) is 0.327. The molecule has 0 fully saturated rings. The minimum Gasteiger partial charge on any atom is -0.493 e. The lowest BCUT2D eigenvalue weighted by Gasteiger charge is -2.14. The number of rotatable bonds is 7. The number of methoxy groups -OCH3 is 1. The van der Waals surface area contributed by atoms with Gasteiger partial charge in [-0.1, -0.05) is 18.2 Å². The van der Waals surface area contributed by atoms with Crippen LogP contribution in [0.3, 0.4) is 0 Å². The Bertz CT molecular complexity index is 1200. The van der Waals surface area contributed by atoms with Gasteiger partial charge in [0, 0.05) is 11.3 Å². The van der Waals surface area contributed by atoms with Gasteiger partial charge in [-0.15, -0.1) is 0 Å². The molecule has 1 N–H and O–H groups in total. The lowest BCUT2D eigenvalue weighted by molar-refractivity contribution is -0.112. The Morgan fingerprint density at radius 3 is 2.53 bits per heavy atom. The van der Waals surface area contributed by atoms with Crippen molar-refractivity contribution in [3.05, 3.63) is 93.5 Å². The summed E-state index contributed by atoms with van der Waals surface area (Å²) in [6, 6.07) is 16.5. The molecule has 0 aromatic heterocycles. The van der Waals surface area contributed by atoms with Gasteiger partial charge in [0.25, 0.3) is 5.91 Å². The van der Waals surface area contributed by atoms with Gasteiger partial charge in [-0.05, 0) is 70.0 Å². The zero-order valence-electron chi connectivity index (χ0n) is 16.9. The third-order valence-corrected chi connectivity index (χ3v) is 4.95. The Kier molecular flexibility index (Phi) is 7.58. The lowest BCUT2D eigenvalue weighted by atomic mass is 10.1. The third kappa shape index (κ3) is 5.71. The van der Waals surface area contributed by atoms with Gasteiger partial charge in [0.1, 0.15) is 29.9 Å². The van der Waals surface area contributed by atoms with Crippen molar-refractivity contribution >= 4 is 33.6 Å². The first-order chi connectivity index (χ1) is 15.4. The maximum Gasteiger partial charge on any atom is 0.266 e. The van der Waals surface area contributed by atoms with E-state index in [1.54, 1.807) is 30.3 Å². The molecule has 0 unspecified atom stereocenters. The molecule has 0 aliphatic rings. The Morgan fingerprint density at radius 2 is 1.88 bits per heavy atom. The van der Waals surface area contributed by atoms with Crippen LogP contribution in [0, 0.1) is 23.0 Å². The number of hydrogen-bond donors (Lipinski definition) is 1. The van der Waals surface area contributed by atoms with Gasteiger partial charge in [-0.3, -0.25) is 4.79 Å². The van der Waals surface area contributed by atoms with Gasteiger partial charge in [0.05, 0.1) is 11.6 Å². The molecule has 0 spiro atoms. The molecule has 3 aromatic carbocycles. The van der Waals surface area contributed by atoms with Crippen LogP contribution < -0.4 is 14.8 Å². The predicted octanol–water partition coefficient (Wildman–Crippen LogP) is 5.86. The van der Waals surface area contributed by atoms with Crippen molar-refractivity contribution in [1.29, 1.82) is 5.26 Å². The van der Waals surface area contributed by atoms with E-state index >= 15 is 0 Å². The lowest BCUT2D eigenvalue weighted by Crippen LogP contribution is -2.13.